The second-order valence-electron chi connectivity index (χ2n) is 10.3. The average molecular weight is 420 g/mol. The maximum atomic E-state index is 13.9. The number of aryl methyl sites for hydroxylation is 1. The lowest BCUT2D eigenvalue weighted by atomic mass is 9.65. The van der Waals surface area contributed by atoms with Gasteiger partial charge in [-0.1, -0.05) is 39.0 Å². The summed E-state index contributed by atoms with van der Waals surface area (Å²) >= 11 is 1.65. The van der Waals surface area contributed by atoms with Crippen molar-refractivity contribution < 1.29 is 4.79 Å². The topological polar surface area (TPSA) is 38.1 Å². The smallest absolute Gasteiger partial charge is 0.272 e. The zero-order valence-electron chi connectivity index (χ0n) is 18.2. The predicted molar refractivity (Wildman–Crippen MR) is 122 cm³/mol. The molecule has 3 aromatic rings. The van der Waals surface area contributed by atoms with Crippen molar-refractivity contribution in [3.63, 3.8) is 0 Å². The molecule has 1 aliphatic heterocycles. The van der Waals surface area contributed by atoms with Crippen LogP contribution >= 0.6 is 11.3 Å². The summed E-state index contributed by atoms with van der Waals surface area (Å²) in [5.41, 5.74) is 4.13. The Kier molecular flexibility index (Phi) is 4.44. The quantitative estimate of drug-likeness (QED) is 0.526. The molecule has 2 aliphatic rings. The molecule has 5 rings (SSSR count). The van der Waals surface area contributed by atoms with E-state index in [-0.39, 0.29) is 16.7 Å². The van der Waals surface area contributed by atoms with Gasteiger partial charge in [-0.05, 0) is 72.2 Å². The Morgan fingerprint density at radius 2 is 1.97 bits per heavy atom. The first-order chi connectivity index (χ1) is 14.2. The average Bonchev–Trinajstić information content (AvgIpc) is 3.37. The minimum atomic E-state index is 0.109. The lowest BCUT2D eigenvalue weighted by Crippen LogP contribution is -2.38. The number of nitrogens with zero attached hydrogens (tertiary/aromatic N) is 3. The lowest BCUT2D eigenvalue weighted by Gasteiger charge is -2.39. The molecule has 0 N–H and O–H groups in total. The van der Waals surface area contributed by atoms with E-state index in [9.17, 15) is 4.79 Å². The van der Waals surface area contributed by atoms with Gasteiger partial charge in [0, 0.05) is 12.6 Å². The van der Waals surface area contributed by atoms with Gasteiger partial charge in [0.15, 0.2) is 0 Å². The van der Waals surface area contributed by atoms with Crippen molar-refractivity contribution in [2.24, 2.45) is 10.8 Å². The molecule has 1 saturated carbocycles. The van der Waals surface area contributed by atoms with Gasteiger partial charge in [0.05, 0.1) is 10.6 Å². The molecule has 1 saturated heterocycles. The Morgan fingerprint density at radius 3 is 2.70 bits per heavy atom. The summed E-state index contributed by atoms with van der Waals surface area (Å²) < 4.78 is 1.85. The second-order valence-corrected chi connectivity index (χ2v) is 11.2. The van der Waals surface area contributed by atoms with Gasteiger partial charge < -0.3 is 4.90 Å². The van der Waals surface area contributed by atoms with E-state index in [1.807, 2.05) is 28.9 Å². The zero-order valence-corrected chi connectivity index (χ0v) is 19.0. The molecule has 2 fully saturated rings. The van der Waals surface area contributed by atoms with E-state index in [2.05, 4.69) is 56.2 Å². The zero-order chi connectivity index (χ0) is 21.1. The third-order valence-corrected chi connectivity index (χ3v) is 7.52. The van der Waals surface area contributed by atoms with Crippen molar-refractivity contribution >= 4 is 17.2 Å². The van der Waals surface area contributed by atoms with Crippen LogP contribution in [0.3, 0.4) is 0 Å². The summed E-state index contributed by atoms with van der Waals surface area (Å²) in [6, 6.07) is 14.6. The highest BCUT2D eigenvalue weighted by Gasteiger charge is 2.51. The number of carbonyl (C=O) groups is 1. The van der Waals surface area contributed by atoms with Gasteiger partial charge in [0.25, 0.3) is 5.91 Å². The summed E-state index contributed by atoms with van der Waals surface area (Å²) in [7, 11) is 0. The Labute approximate surface area is 182 Å². The van der Waals surface area contributed by atoms with E-state index in [1.54, 1.807) is 11.3 Å². The van der Waals surface area contributed by atoms with Crippen molar-refractivity contribution in [3.05, 3.63) is 59.1 Å². The Morgan fingerprint density at radius 1 is 1.13 bits per heavy atom. The Bertz CT molecular complexity index is 1100. The van der Waals surface area contributed by atoms with Crippen molar-refractivity contribution in [2.75, 3.05) is 6.54 Å². The highest BCUT2D eigenvalue weighted by Crippen LogP contribution is 2.52. The normalized spacial score (nSPS) is 24.9. The number of thiophene rings is 1. The summed E-state index contributed by atoms with van der Waals surface area (Å²) in [6.45, 7) is 9.95. The van der Waals surface area contributed by atoms with Gasteiger partial charge in [-0.25, -0.2) is 4.68 Å². The molecule has 5 heteroatoms. The number of hydrogen-bond donors (Lipinski definition) is 0. The number of hydrogen-bond acceptors (Lipinski definition) is 3. The lowest BCUT2D eigenvalue weighted by molar-refractivity contribution is 0.0699. The molecule has 3 heterocycles. The highest BCUT2D eigenvalue weighted by atomic mass is 32.1. The molecular formula is C25H29N3OS. The third-order valence-electron chi connectivity index (χ3n) is 6.62. The number of amides is 1. The number of carbonyl (C=O) groups excluding carboxylic acids is 1. The molecule has 1 amide bonds. The molecule has 4 nitrogen and oxygen atoms in total. The van der Waals surface area contributed by atoms with Crippen molar-refractivity contribution in [1.82, 2.24) is 14.7 Å². The van der Waals surface area contributed by atoms with Crippen molar-refractivity contribution in [1.29, 1.82) is 0 Å². The molecule has 1 aromatic carbocycles. The first-order valence-corrected chi connectivity index (χ1v) is 11.6. The maximum absolute atomic E-state index is 13.9. The molecule has 156 valence electrons. The van der Waals surface area contributed by atoms with Gasteiger partial charge in [-0.3, -0.25) is 4.79 Å². The van der Waals surface area contributed by atoms with E-state index < -0.39 is 0 Å². The van der Waals surface area contributed by atoms with Crippen LogP contribution in [0.2, 0.25) is 0 Å². The molecule has 0 radical (unpaired) electrons. The van der Waals surface area contributed by atoms with E-state index in [4.69, 9.17) is 5.10 Å². The van der Waals surface area contributed by atoms with Gasteiger partial charge >= 0.3 is 0 Å². The SMILES string of the molecule is Cc1cccc(-n2nc(-c3cccs3)cc2C(=O)N2CC3(C)CC2CC(C)(C)C3)c1. The molecule has 2 bridgehead atoms. The van der Waals surface area contributed by atoms with Gasteiger partial charge in [0.1, 0.15) is 11.4 Å². The fraction of sp³-hybridized carbons (Fsp3) is 0.440. The van der Waals surface area contributed by atoms with Crippen LogP contribution in [0.5, 0.6) is 0 Å². The predicted octanol–water partition coefficient (Wildman–Crippen LogP) is 5.95. The van der Waals surface area contributed by atoms with Crippen LogP contribution in [-0.4, -0.2) is 33.2 Å². The molecular weight excluding hydrogens is 390 g/mol. The van der Waals surface area contributed by atoms with E-state index in [0.717, 1.165) is 41.2 Å². The molecule has 0 spiro atoms. The molecule has 1 aliphatic carbocycles. The van der Waals surface area contributed by atoms with E-state index in [1.165, 1.54) is 6.42 Å². The first-order valence-electron chi connectivity index (χ1n) is 10.8. The molecule has 2 atom stereocenters. The van der Waals surface area contributed by atoms with Gasteiger partial charge in [-0.15, -0.1) is 11.3 Å². The minimum absolute atomic E-state index is 0.109. The van der Waals surface area contributed by atoms with Gasteiger partial charge in [-0.2, -0.15) is 5.10 Å². The summed E-state index contributed by atoms with van der Waals surface area (Å²) in [6.07, 6.45) is 3.36. The summed E-state index contributed by atoms with van der Waals surface area (Å²) in [4.78, 5) is 17.1. The number of benzene rings is 1. The third kappa shape index (κ3) is 3.39. The number of rotatable bonds is 3. The summed E-state index contributed by atoms with van der Waals surface area (Å²) in [5, 5.41) is 6.92. The van der Waals surface area contributed by atoms with Crippen molar-refractivity contribution in [3.8, 4) is 16.3 Å². The monoisotopic (exact) mass is 419 g/mol. The van der Waals surface area contributed by atoms with Crippen LogP contribution in [0.25, 0.3) is 16.3 Å². The molecule has 30 heavy (non-hydrogen) atoms. The van der Waals surface area contributed by atoms with Crippen LogP contribution in [0.15, 0.2) is 47.8 Å². The van der Waals surface area contributed by atoms with Crippen molar-refractivity contribution in [2.45, 2.75) is 53.0 Å². The van der Waals surface area contributed by atoms with Crippen LogP contribution in [0, 0.1) is 17.8 Å². The fourth-order valence-electron chi connectivity index (χ4n) is 5.88. The fourth-order valence-corrected chi connectivity index (χ4v) is 6.56. The number of aromatic nitrogens is 2. The summed E-state index contributed by atoms with van der Waals surface area (Å²) in [5.74, 6) is 0.109. The van der Waals surface area contributed by atoms with Crippen LogP contribution in [0.1, 0.15) is 56.1 Å². The van der Waals surface area contributed by atoms with Crippen LogP contribution < -0.4 is 0 Å². The largest absolute Gasteiger partial charge is 0.334 e. The minimum Gasteiger partial charge on any atom is -0.334 e. The van der Waals surface area contributed by atoms with Gasteiger partial charge in [0.2, 0.25) is 0 Å². The van der Waals surface area contributed by atoms with Crippen LogP contribution in [0.4, 0.5) is 0 Å². The molecule has 2 unspecified atom stereocenters. The maximum Gasteiger partial charge on any atom is 0.272 e. The number of fused-ring (bicyclic) bond motifs is 2. The Balaban J connectivity index is 1.57. The Hall–Kier alpha value is -2.40. The second kappa shape index (κ2) is 6.81. The number of likely N-dealkylation sites (tertiary alicyclic amines) is 1. The van der Waals surface area contributed by atoms with E-state index >= 15 is 0 Å². The highest BCUT2D eigenvalue weighted by molar-refractivity contribution is 7.13. The standard InChI is InChI=1S/C25H29N3OS/c1-17-7-5-8-18(11-17)28-21(12-20(26-28)22-9-6-10-30-22)23(29)27-16-25(4)14-19(27)13-24(2,3)15-25/h5-12,19H,13-16H2,1-4H3. The van der Waals surface area contributed by atoms with Crippen LogP contribution in [-0.2, 0) is 0 Å². The van der Waals surface area contributed by atoms with E-state index in [0.29, 0.717) is 11.7 Å². The molecule has 2 aromatic heterocycles. The first kappa shape index (κ1) is 19.6.